The van der Waals surface area contributed by atoms with Gasteiger partial charge in [0.2, 0.25) is 5.91 Å². The van der Waals surface area contributed by atoms with Crippen molar-refractivity contribution in [3.63, 3.8) is 0 Å². The molecule has 0 unspecified atom stereocenters. The van der Waals surface area contributed by atoms with Crippen LogP contribution in [-0.2, 0) is 11.3 Å². The van der Waals surface area contributed by atoms with Gasteiger partial charge in [-0.2, -0.15) is 0 Å². The largest absolute Gasteiger partial charge is 0.507 e. The second-order valence-electron chi connectivity index (χ2n) is 4.94. The molecule has 116 valence electrons. The van der Waals surface area contributed by atoms with Gasteiger partial charge < -0.3 is 21.3 Å². The molecule has 0 fully saturated rings. The van der Waals surface area contributed by atoms with Crippen molar-refractivity contribution in [2.75, 3.05) is 6.54 Å². The number of phenols is 1. The van der Waals surface area contributed by atoms with Gasteiger partial charge in [-0.15, -0.1) is 0 Å². The minimum Gasteiger partial charge on any atom is -0.507 e. The van der Waals surface area contributed by atoms with Gasteiger partial charge in [-0.25, -0.2) is 4.79 Å². The number of aromatic hydroxyl groups is 1. The zero-order valence-electron chi connectivity index (χ0n) is 12.2. The molecule has 0 radical (unpaired) electrons. The molecule has 1 rings (SSSR count). The normalized spacial score (nSPS) is 10.4. The smallest absolute Gasteiger partial charge is 0.339 e. The molecule has 0 aliphatic rings. The Morgan fingerprint density at radius 3 is 2.57 bits per heavy atom. The van der Waals surface area contributed by atoms with E-state index in [0.717, 1.165) is 24.8 Å². The highest BCUT2D eigenvalue weighted by Gasteiger charge is 2.15. The molecule has 0 saturated heterocycles. The Bertz CT molecular complexity index is 515. The number of hydrogen-bond acceptors (Lipinski definition) is 4. The monoisotopic (exact) mass is 294 g/mol. The molecule has 0 saturated carbocycles. The number of amides is 1. The molecule has 0 bridgehead atoms. The first kappa shape index (κ1) is 17.0. The average Bonchev–Trinajstić information content (AvgIpc) is 2.43. The topological polar surface area (TPSA) is 113 Å². The van der Waals surface area contributed by atoms with Crippen molar-refractivity contribution in [3.05, 3.63) is 28.8 Å². The van der Waals surface area contributed by atoms with Crippen LogP contribution in [0.5, 0.6) is 5.75 Å². The first-order chi connectivity index (χ1) is 9.97. The summed E-state index contributed by atoms with van der Waals surface area (Å²) in [5.74, 6) is -1.60. The molecule has 0 spiro atoms. The molecule has 1 aromatic carbocycles. The molecule has 0 aliphatic heterocycles. The van der Waals surface area contributed by atoms with Crippen LogP contribution in [0.1, 0.15) is 47.2 Å². The number of unbranched alkanes of at least 4 members (excludes halogenated alkanes) is 2. The number of nitrogens with one attached hydrogen (secondary N) is 1. The predicted octanol–water partition coefficient (Wildman–Crippen LogP) is 1.53. The summed E-state index contributed by atoms with van der Waals surface area (Å²) in [5.41, 5.74) is 6.39. The molecule has 0 aliphatic carbocycles. The molecular formula is C15H22N2O4. The predicted molar refractivity (Wildman–Crippen MR) is 79.2 cm³/mol. The van der Waals surface area contributed by atoms with E-state index in [4.69, 9.17) is 10.8 Å². The molecule has 6 nitrogen and oxygen atoms in total. The zero-order chi connectivity index (χ0) is 15.8. The highest BCUT2D eigenvalue weighted by atomic mass is 16.4. The van der Waals surface area contributed by atoms with Crippen LogP contribution in [0.2, 0.25) is 0 Å². The lowest BCUT2D eigenvalue weighted by Gasteiger charge is -2.12. The maximum absolute atomic E-state index is 11.7. The van der Waals surface area contributed by atoms with Gasteiger partial charge in [0.25, 0.3) is 0 Å². The van der Waals surface area contributed by atoms with Crippen LogP contribution in [0.3, 0.4) is 0 Å². The van der Waals surface area contributed by atoms with Crippen molar-refractivity contribution < 1.29 is 19.8 Å². The molecular weight excluding hydrogens is 272 g/mol. The van der Waals surface area contributed by atoms with Crippen molar-refractivity contribution >= 4 is 11.9 Å². The van der Waals surface area contributed by atoms with Gasteiger partial charge in [-0.1, -0.05) is 12.5 Å². The summed E-state index contributed by atoms with van der Waals surface area (Å²) in [6.07, 6.45) is 2.97. The van der Waals surface area contributed by atoms with Crippen molar-refractivity contribution in [1.29, 1.82) is 0 Å². The summed E-state index contributed by atoms with van der Waals surface area (Å²) in [5, 5.41) is 21.6. The van der Waals surface area contributed by atoms with Gasteiger partial charge in [0, 0.05) is 18.5 Å². The fourth-order valence-corrected chi connectivity index (χ4v) is 2.01. The summed E-state index contributed by atoms with van der Waals surface area (Å²) < 4.78 is 0. The van der Waals surface area contributed by atoms with Crippen molar-refractivity contribution in [2.45, 2.75) is 39.2 Å². The van der Waals surface area contributed by atoms with E-state index in [2.05, 4.69) is 5.32 Å². The fraction of sp³-hybridized carbons (Fsp3) is 0.467. The van der Waals surface area contributed by atoms with Gasteiger partial charge in [0.15, 0.2) is 0 Å². The van der Waals surface area contributed by atoms with Crippen LogP contribution >= 0.6 is 0 Å². The number of nitrogens with two attached hydrogens (primary N) is 1. The van der Waals surface area contributed by atoms with E-state index in [0.29, 0.717) is 18.5 Å². The number of hydrogen-bond donors (Lipinski definition) is 4. The highest BCUT2D eigenvalue weighted by molar-refractivity contribution is 5.91. The van der Waals surface area contributed by atoms with Crippen LogP contribution < -0.4 is 11.1 Å². The van der Waals surface area contributed by atoms with Crippen LogP contribution in [-0.4, -0.2) is 28.6 Å². The van der Waals surface area contributed by atoms with Gasteiger partial charge in [0.1, 0.15) is 11.3 Å². The molecule has 0 atom stereocenters. The number of carbonyl (C=O) groups excluding carboxylic acids is 1. The highest BCUT2D eigenvalue weighted by Crippen LogP contribution is 2.25. The number of rotatable bonds is 8. The molecule has 6 heteroatoms. The zero-order valence-corrected chi connectivity index (χ0v) is 12.2. The lowest BCUT2D eigenvalue weighted by molar-refractivity contribution is -0.121. The third-order valence-corrected chi connectivity index (χ3v) is 3.32. The van der Waals surface area contributed by atoms with Crippen LogP contribution in [0.15, 0.2) is 12.1 Å². The molecule has 1 amide bonds. The van der Waals surface area contributed by atoms with Crippen LogP contribution in [0.4, 0.5) is 0 Å². The van der Waals surface area contributed by atoms with Gasteiger partial charge in [0.05, 0.1) is 0 Å². The lowest BCUT2D eigenvalue weighted by Crippen LogP contribution is -2.23. The van der Waals surface area contributed by atoms with E-state index in [1.54, 1.807) is 13.0 Å². The molecule has 0 aromatic heterocycles. The Morgan fingerprint density at radius 2 is 1.95 bits per heavy atom. The van der Waals surface area contributed by atoms with Gasteiger partial charge in [-0.05, 0) is 37.9 Å². The third kappa shape index (κ3) is 5.07. The molecule has 1 aromatic rings. The number of carbonyl (C=O) groups is 2. The standard InChI is InChI=1S/C15H22N2O4/c1-10-6-7-11(15(20)21)14(19)12(10)9-17-13(18)5-3-2-4-8-16/h6-7,19H,2-5,8-9,16H2,1H3,(H,17,18)(H,20,21). The Morgan fingerprint density at radius 1 is 1.24 bits per heavy atom. The number of carboxylic acids is 1. The maximum atomic E-state index is 11.7. The summed E-state index contributed by atoms with van der Waals surface area (Å²) in [7, 11) is 0. The van der Waals surface area contributed by atoms with E-state index in [-0.39, 0.29) is 23.8 Å². The minimum atomic E-state index is -1.19. The molecule has 21 heavy (non-hydrogen) atoms. The second kappa shape index (κ2) is 8.26. The van der Waals surface area contributed by atoms with Crippen molar-refractivity contribution in [2.24, 2.45) is 5.73 Å². The van der Waals surface area contributed by atoms with Crippen LogP contribution in [0, 0.1) is 6.92 Å². The summed E-state index contributed by atoms with van der Waals surface area (Å²) in [6.45, 7) is 2.50. The Kier molecular flexibility index (Phi) is 6.68. The van der Waals surface area contributed by atoms with E-state index >= 15 is 0 Å². The summed E-state index contributed by atoms with van der Waals surface area (Å²) in [4.78, 5) is 22.6. The SMILES string of the molecule is Cc1ccc(C(=O)O)c(O)c1CNC(=O)CCCCCN. The van der Waals surface area contributed by atoms with Gasteiger partial charge >= 0.3 is 5.97 Å². The van der Waals surface area contributed by atoms with E-state index < -0.39 is 5.97 Å². The quantitative estimate of drug-likeness (QED) is 0.543. The van der Waals surface area contributed by atoms with Crippen LogP contribution in [0.25, 0.3) is 0 Å². The van der Waals surface area contributed by atoms with Gasteiger partial charge in [-0.3, -0.25) is 4.79 Å². The number of aromatic carboxylic acids is 1. The molecule has 5 N–H and O–H groups in total. The summed E-state index contributed by atoms with van der Waals surface area (Å²) in [6, 6.07) is 2.97. The number of aryl methyl sites for hydroxylation is 1. The van der Waals surface area contributed by atoms with E-state index in [1.165, 1.54) is 6.07 Å². The van der Waals surface area contributed by atoms with Crippen molar-refractivity contribution in [3.8, 4) is 5.75 Å². The lowest BCUT2D eigenvalue weighted by atomic mass is 10.0. The fourth-order valence-electron chi connectivity index (χ4n) is 2.01. The summed E-state index contributed by atoms with van der Waals surface area (Å²) >= 11 is 0. The third-order valence-electron chi connectivity index (χ3n) is 3.32. The molecule has 0 heterocycles. The van der Waals surface area contributed by atoms with E-state index in [9.17, 15) is 14.7 Å². The maximum Gasteiger partial charge on any atom is 0.339 e. The Labute approximate surface area is 124 Å². The van der Waals surface area contributed by atoms with E-state index in [1.807, 2.05) is 0 Å². The first-order valence-corrected chi connectivity index (χ1v) is 6.99. The van der Waals surface area contributed by atoms with Crippen molar-refractivity contribution in [1.82, 2.24) is 5.32 Å². The second-order valence-corrected chi connectivity index (χ2v) is 4.94. The average molecular weight is 294 g/mol. The number of benzene rings is 1. The Hall–Kier alpha value is -2.08. The number of carboxylic acid groups (broad SMARTS) is 1. The minimum absolute atomic E-state index is 0.119. The Balaban J connectivity index is 2.61. The first-order valence-electron chi connectivity index (χ1n) is 6.99.